The molecular formula is C12H17N3O2. The molecule has 1 aromatic rings. The molecule has 0 amide bonds. The lowest BCUT2D eigenvalue weighted by Gasteiger charge is -2.30. The van der Waals surface area contributed by atoms with Gasteiger partial charge in [0, 0.05) is 24.3 Å². The van der Waals surface area contributed by atoms with Crippen LogP contribution in [0.5, 0.6) is 0 Å². The molecule has 0 aliphatic carbocycles. The number of nitrogens with two attached hydrogens (primary N) is 1. The second-order valence-corrected chi connectivity index (χ2v) is 3.80. The van der Waals surface area contributed by atoms with Gasteiger partial charge in [0.05, 0.1) is 13.2 Å². The number of para-hydroxylation sites is 1. The third-order valence-corrected chi connectivity index (χ3v) is 2.77. The Morgan fingerprint density at radius 2 is 2.06 bits per heavy atom. The molecule has 1 aromatic carbocycles. The highest BCUT2D eigenvalue weighted by Crippen LogP contribution is 2.21. The van der Waals surface area contributed by atoms with E-state index in [-0.39, 0.29) is 6.73 Å². The zero-order chi connectivity index (χ0) is 12.1. The summed E-state index contributed by atoms with van der Waals surface area (Å²) in [6, 6.07) is 7.82. The first-order chi connectivity index (χ1) is 8.33. The largest absolute Gasteiger partial charge is 0.383 e. The lowest BCUT2D eigenvalue weighted by atomic mass is 10.1. The van der Waals surface area contributed by atoms with Gasteiger partial charge < -0.3 is 20.5 Å². The average molecular weight is 235 g/mol. The fourth-order valence-electron chi connectivity index (χ4n) is 1.93. The second-order valence-electron chi connectivity index (χ2n) is 3.80. The first kappa shape index (κ1) is 11.9. The smallest absolute Gasteiger partial charge is 0.136 e. The Kier molecular flexibility index (Phi) is 3.95. The van der Waals surface area contributed by atoms with Crippen molar-refractivity contribution in [1.29, 1.82) is 0 Å². The molecular weight excluding hydrogens is 218 g/mol. The predicted octanol–water partition coefficient (Wildman–Crippen LogP) is 0.178. The van der Waals surface area contributed by atoms with E-state index in [0.717, 1.165) is 37.6 Å². The zero-order valence-electron chi connectivity index (χ0n) is 9.67. The van der Waals surface area contributed by atoms with Crippen LogP contribution in [0.2, 0.25) is 0 Å². The molecule has 5 nitrogen and oxygen atoms in total. The van der Waals surface area contributed by atoms with Gasteiger partial charge in [0.15, 0.2) is 0 Å². The molecule has 2 rings (SSSR count). The van der Waals surface area contributed by atoms with E-state index in [2.05, 4.69) is 9.89 Å². The van der Waals surface area contributed by atoms with E-state index in [1.165, 1.54) is 0 Å². The standard InChI is InChI=1S/C12H17N3O2/c13-12(14-9-16)10-3-1-2-4-11(10)15-5-7-17-8-6-15/h1-4,16H,5-9H2,(H2,13,14). The van der Waals surface area contributed by atoms with Gasteiger partial charge in [-0.15, -0.1) is 0 Å². The first-order valence-electron chi connectivity index (χ1n) is 5.66. The Hall–Kier alpha value is -1.59. The van der Waals surface area contributed by atoms with Crippen LogP contribution in [-0.4, -0.2) is 44.0 Å². The number of hydrogen-bond donors (Lipinski definition) is 2. The van der Waals surface area contributed by atoms with Gasteiger partial charge in [-0.05, 0) is 12.1 Å². The third kappa shape index (κ3) is 2.75. The van der Waals surface area contributed by atoms with Crippen LogP contribution in [0.4, 0.5) is 5.69 Å². The molecule has 1 aliphatic rings. The van der Waals surface area contributed by atoms with Crippen molar-refractivity contribution in [3.8, 4) is 0 Å². The lowest BCUT2D eigenvalue weighted by Crippen LogP contribution is -2.37. The molecule has 92 valence electrons. The highest BCUT2D eigenvalue weighted by molar-refractivity contribution is 6.02. The highest BCUT2D eigenvalue weighted by atomic mass is 16.5. The average Bonchev–Trinajstić information content (AvgIpc) is 2.40. The van der Waals surface area contributed by atoms with Crippen molar-refractivity contribution in [3.05, 3.63) is 29.8 Å². The van der Waals surface area contributed by atoms with Gasteiger partial charge in [-0.2, -0.15) is 0 Å². The van der Waals surface area contributed by atoms with Crippen molar-refractivity contribution in [2.75, 3.05) is 37.9 Å². The van der Waals surface area contributed by atoms with E-state index in [0.29, 0.717) is 5.84 Å². The van der Waals surface area contributed by atoms with Crippen LogP contribution in [0.1, 0.15) is 5.56 Å². The van der Waals surface area contributed by atoms with Gasteiger partial charge >= 0.3 is 0 Å². The summed E-state index contributed by atoms with van der Waals surface area (Å²) < 4.78 is 5.33. The van der Waals surface area contributed by atoms with E-state index < -0.39 is 0 Å². The molecule has 0 bridgehead atoms. The van der Waals surface area contributed by atoms with Crippen molar-refractivity contribution >= 4 is 11.5 Å². The number of aliphatic hydroxyl groups is 1. The maximum Gasteiger partial charge on any atom is 0.136 e. The van der Waals surface area contributed by atoms with Crippen molar-refractivity contribution in [2.24, 2.45) is 10.7 Å². The van der Waals surface area contributed by atoms with E-state index in [9.17, 15) is 0 Å². The predicted molar refractivity (Wildman–Crippen MR) is 67.3 cm³/mol. The quantitative estimate of drug-likeness (QED) is 0.579. The summed E-state index contributed by atoms with van der Waals surface area (Å²) in [6.07, 6.45) is 0. The third-order valence-electron chi connectivity index (χ3n) is 2.77. The molecule has 1 saturated heterocycles. The first-order valence-corrected chi connectivity index (χ1v) is 5.66. The maximum absolute atomic E-state index is 8.80. The number of aliphatic hydroxyl groups excluding tert-OH is 1. The molecule has 17 heavy (non-hydrogen) atoms. The minimum atomic E-state index is -0.288. The summed E-state index contributed by atoms with van der Waals surface area (Å²) in [5.41, 5.74) is 7.76. The number of amidine groups is 1. The fourth-order valence-corrected chi connectivity index (χ4v) is 1.93. The summed E-state index contributed by atoms with van der Waals surface area (Å²) in [7, 11) is 0. The Labute approximate surface area is 101 Å². The van der Waals surface area contributed by atoms with Gasteiger partial charge in [0.1, 0.15) is 12.6 Å². The van der Waals surface area contributed by atoms with Crippen LogP contribution in [0.25, 0.3) is 0 Å². The van der Waals surface area contributed by atoms with Gasteiger partial charge in [-0.1, -0.05) is 12.1 Å². The molecule has 1 aliphatic heterocycles. The molecule has 3 N–H and O–H groups in total. The Morgan fingerprint density at radius 1 is 1.35 bits per heavy atom. The number of ether oxygens (including phenoxy) is 1. The van der Waals surface area contributed by atoms with Crippen LogP contribution >= 0.6 is 0 Å². The number of anilines is 1. The number of rotatable bonds is 3. The molecule has 1 fully saturated rings. The van der Waals surface area contributed by atoms with Gasteiger partial charge in [0.25, 0.3) is 0 Å². The molecule has 1 heterocycles. The molecule has 0 spiro atoms. The molecule has 0 radical (unpaired) electrons. The Balaban J connectivity index is 2.29. The number of morpholine rings is 1. The summed E-state index contributed by atoms with van der Waals surface area (Å²) in [4.78, 5) is 6.06. The Morgan fingerprint density at radius 3 is 2.76 bits per heavy atom. The number of benzene rings is 1. The van der Waals surface area contributed by atoms with Gasteiger partial charge in [-0.3, -0.25) is 0 Å². The van der Waals surface area contributed by atoms with Crippen LogP contribution in [0.15, 0.2) is 29.3 Å². The minimum absolute atomic E-state index is 0.288. The van der Waals surface area contributed by atoms with E-state index in [1.807, 2.05) is 24.3 Å². The molecule has 0 unspecified atom stereocenters. The summed E-state index contributed by atoms with van der Waals surface area (Å²) in [5, 5.41) is 8.80. The monoisotopic (exact) mass is 235 g/mol. The number of aliphatic imine (C=N–C) groups is 1. The normalized spacial score (nSPS) is 17.2. The summed E-state index contributed by atoms with van der Waals surface area (Å²) >= 11 is 0. The minimum Gasteiger partial charge on any atom is -0.383 e. The van der Waals surface area contributed by atoms with Crippen molar-refractivity contribution in [1.82, 2.24) is 0 Å². The number of hydrogen-bond acceptors (Lipinski definition) is 4. The van der Waals surface area contributed by atoms with Crippen molar-refractivity contribution in [2.45, 2.75) is 0 Å². The molecule has 5 heteroatoms. The number of nitrogens with zero attached hydrogens (tertiary/aromatic N) is 2. The van der Waals surface area contributed by atoms with Gasteiger partial charge in [-0.25, -0.2) is 4.99 Å². The van der Waals surface area contributed by atoms with E-state index in [4.69, 9.17) is 15.6 Å². The zero-order valence-corrected chi connectivity index (χ0v) is 9.67. The second kappa shape index (κ2) is 5.65. The van der Waals surface area contributed by atoms with Crippen LogP contribution in [-0.2, 0) is 4.74 Å². The molecule has 0 saturated carbocycles. The maximum atomic E-state index is 8.80. The highest BCUT2D eigenvalue weighted by Gasteiger charge is 2.15. The van der Waals surface area contributed by atoms with Crippen LogP contribution in [0.3, 0.4) is 0 Å². The van der Waals surface area contributed by atoms with Crippen molar-refractivity contribution < 1.29 is 9.84 Å². The lowest BCUT2D eigenvalue weighted by molar-refractivity contribution is 0.122. The van der Waals surface area contributed by atoms with Gasteiger partial charge in [0.2, 0.25) is 0 Å². The van der Waals surface area contributed by atoms with Crippen LogP contribution in [0, 0.1) is 0 Å². The fraction of sp³-hybridized carbons (Fsp3) is 0.417. The molecule has 0 atom stereocenters. The van der Waals surface area contributed by atoms with E-state index in [1.54, 1.807) is 0 Å². The topological polar surface area (TPSA) is 71.1 Å². The molecule has 0 aromatic heterocycles. The van der Waals surface area contributed by atoms with Crippen molar-refractivity contribution in [3.63, 3.8) is 0 Å². The Bertz CT molecular complexity index is 400. The van der Waals surface area contributed by atoms with Crippen LogP contribution < -0.4 is 10.6 Å². The van der Waals surface area contributed by atoms with E-state index >= 15 is 0 Å². The summed E-state index contributed by atoms with van der Waals surface area (Å²) in [6.45, 7) is 2.87. The SMILES string of the molecule is NC(=NCO)c1ccccc1N1CCOCC1. The summed E-state index contributed by atoms with van der Waals surface area (Å²) in [5.74, 6) is 0.370.